The average Bonchev–Trinajstić information content (AvgIpc) is 2.40. The Hall–Kier alpha value is 0.0500. The highest BCUT2D eigenvalue weighted by atomic mass is 79.9. The maximum atomic E-state index is 12.3. The predicted molar refractivity (Wildman–Crippen MR) is 89.6 cm³/mol. The van der Waals surface area contributed by atoms with Crippen LogP contribution in [0.15, 0.2) is 32.0 Å². The van der Waals surface area contributed by atoms with Crippen molar-refractivity contribution in [3.63, 3.8) is 0 Å². The molecular formula is C14H19Br2NO3S. The normalized spacial score (nSPS) is 26.8. The molecule has 4 nitrogen and oxygen atoms in total. The van der Waals surface area contributed by atoms with Crippen molar-refractivity contribution < 1.29 is 13.5 Å². The Balaban J connectivity index is 2.08. The van der Waals surface area contributed by atoms with Gasteiger partial charge >= 0.3 is 0 Å². The number of rotatable bonds is 4. The summed E-state index contributed by atoms with van der Waals surface area (Å²) in [4.78, 5) is 0.179. The molecule has 7 heteroatoms. The highest BCUT2D eigenvalue weighted by Crippen LogP contribution is 2.32. The van der Waals surface area contributed by atoms with E-state index in [9.17, 15) is 13.5 Å². The van der Waals surface area contributed by atoms with Crippen LogP contribution in [-0.4, -0.2) is 25.7 Å². The van der Waals surface area contributed by atoms with Gasteiger partial charge in [0.1, 0.15) is 0 Å². The van der Waals surface area contributed by atoms with Crippen molar-refractivity contribution in [1.82, 2.24) is 4.72 Å². The maximum Gasteiger partial charge on any atom is 0.241 e. The molecule has 0 heterocycles. The van der Waals surface area contributed by atoms with Crippen LogP contribution in [0.1, 0.15) is 32.6 Å². The molecule has 1 aromatic carbocycles. The summed E-state index contributed by atoms with van der Waals surface area (Å²) in [6.45, 7) is 2.22. The lowest BCUT2D eigenvalue weighted by Crippen LogP contribution is -2.45. The zero-order chi connectivity index (χ0) is 15.7. The Bertz CT molecular complexity index is 611. The minimum atomic E-state index is -3.64. The van der Waals surface area contributed by atoms with Crippen molar-refractivity contribution >= 4 is 41.9 Å². The molecule has 0 radical (unpaired) electrons. The van der Waals surface area contributed by atoms with Gasteiger partial charge in [-0.2, -0.15) is 0 Å². The van der Waals surface area contributed by atoms with Crippen molar-refractivity contribution in [3.05, 3.63) is 27.1 Å². The molecule has 21 heavy (non-hydrogen) atoms. The Labute approximate surface area is 142 Å². The molecule has 1 saturated carbocycles. The first-order valence-electron chi connectivity index (χ1n) is 6.89. The van der Waals surface area contributed by atoms with Crippen LogP contribution in [0.2, 0.25) is 0 Å². The fraction of sp³-hybridized carbons (Fsp3) is 0.571. The molecule has 0 unspecified atom stereocenters. The van der Waals surface area contributed by atoms with Crippen LogP contribution in [0.5, 0.6) is 0 Å². The summed E-state index contributed by atoms with van der Waals surface area (Å²) in [6, 6.07) is 4.89. The van der Waals surface area contributed by atoms with E-state index in [4.69, 9.17) is 0 Å². The second-order valence-electron chi connectivity index (χ2n) is 5.81. The summed E-state index contributed by atoms with van der Waals surface area (Å²) in [6.07, 6.45) is 3.14. The molecule has 0 aliphatic heterocycles. The van der Waals surface area contributed by atoms with Crippen LogP contribution >= 0.6 is 31.9 Å². The van der Waals surface area contributed by atoms with Gasteiger partial charge in [-0.15, -0.1) is 0 Å². The Morgan fingerprint density at radius 3 is 2.52 bits per heavy atom. The SMILES string of the molecule is CC1CCC(O)(CNS(=O)(=O)c2ccc(Br)cc2Br)CC1. The van der Waals surface area contributed by atoms with Crippen molar-refractivity contribution in [3.8, 4) is 0 Å². The molecule has 1 fully saturated rings. The molecule has 0 bridgehead atoms. The number of hydrogen-bond donors (Lipinski definition) is 2. The zero-order valence-electron chi connectivity index (χ0n) is 11.8. The van der Waals surface area contributed by atoms with Gasteiger partial charge in [0.15, 0.2) is 0 Å². The molecule has 0 saturated heterocycles. The minimum absolute atomic E-state index is 0.0601. The van der Waals surface area contributed by atoms with Gasteiger partial charge in [-0.05, 0) is 65.7 Å². The predicted octanol–water partition coefficient (Wildman–Crippen LogP) is 3.43. The van der Waals surface area contributed by atoms with Gasteiger partial charge in [-0.3, -0.25) is 0 Å². The average molecular weight is 441 g/mol. The standard InChI is InChI=1S/C14H19Br2NO3S/c1-10-4-6-14(18,7-5-10)9-17-21(19,20)13-3-2-11(15)8-12(13)16/h2-3,8,10,17-18H,4-7,9H2,1H3. The summed E-state index contributed by atoms with van der Waals surface area (Å²) < 4.78 is 28.5. The van der Waals surface area contributed by atoms with Crippen LogP contribution in [0.4, 0.5) is 0 Å². The highest BCUT2D eigenvalue weighted by Gasteiger charge is 2.33. The van der Waals surface area contributed by atoms with Gasteiger partial charge in [0.2, 0.25) is 10.0 Å². The molecule has 2 rings (SSSR count). The second-order valence-corrected chi connectivity index (χ2v) is 9.31. The fourth-order valence-electron chi connectivity index (χ4n) is 2.48. The van der Waals surface area contributed by atoms with Gasteiger partial charge in [0, 0.05) is 15.5 Å². The van der Waals surface area contributed by atoms with E-state index in [0.717, 1.165) is 17.3 Å². The van der Waals surface area contributed by atoms with Crippen LogP contribution in [-0.2, 0) is 10.0 Å². The van der Waals surface area contributed by atoms with Crippen molar-refractivity contribution in [2.24, 2.45) is 5.92 Å². The summed E-state index contributed by atoms with van der Waals surface area (Å²) in [5, 5.41) is 10.5. The lowest BCUT2D eigenvalue weighted by Gasteiger charge is -2.34. The number of halogens is 2. The van der Waals surface area contributed by atoms with E-state index in [1.807, 2.05) is 0 Å². The summed E-state index contributed by atoms with van der Waals surface area (Å²) >= 11 is 6.55. The molecule has 118 valence electrons. The van der Waals surface area contributed by atoms with Crippen molar-refractivity contribution in [1.29, 1.82) is 0 Å². The third-order valence-corrected chi connectivity index (χ3v) is 6.85. The monoisotopic (exact) mass is 439 g/mol. The summed E-state index contributed by atoms with van der Waals surface area (Å²) in [5.41, 5.74) is -0.929. The fourth-order valence-corrected chi connectivity index (χ4v) is 5.34. The molecule has 1 aliphatic rings. The third-order valence-electron chi connectivity index (χ3n) is 3.98. The quantitative estimate of drug-likeness (QED) is 0.753. The second kappa shape index (κ2) is 6.66. The maximum absolute atomic E-state index is 12.3. The number of hydrogen-bond acceptors (Lipinski definition) is 3. The lowest BCUT2D eigenvalue weighted by molar-refractivity contribution is -0.00183. The van der Waals surface area contributed by atoms with E-state index in [0.29, 0.717) is 23.2 Å². The van der Waals surface area contributed by atoms with Crippen LogP contribution < -0.4 is 4.72 Å². The third kappa shape index (κ3) is 4.51. The highest BCUT2D eigenvalue weighted by molar-refractivity contribution is 9.11. The summed E-state index contributed by atoms with van der Waals surface area (Å²) in [5.74, 6) is 0.600. The molecule has 0 spiro atoms. The summed E-state index contributed by atoms with van der Waals surface area (Å²) in [7, 11) is -3.64. The smallest absolute Gasteiger partial charge is 0.241 e. The van der Waals surface area contributed by atoms with Crippen LogP contribution in [0.25, 0.3) is 0 Å². The molecule has 1 aromatic rings. The van der Waals surface area contributed by atoms with Gasteiger partial charge in [-0.25, -0.2) is 13.1 Å². The Morgan fingerprint density at radius 2 is 1.95 bits per heavy atom. The number of aliphatic hydroxyl groups is 1. The lowest BCUT2D eigenvalue weighted by atomic mass is 9.80. The van der Waals surface area contributed by atoms with E-state index >= 15 is 0 Å². The molecule has 0 aromatic heterocycles. The van der Waals surface area contributed by atoms with Crippen LogP contribution in [0, 0.1) is 5.92 Å². The van der Waals surface area contributed by atoms with Crippen LogP contribution in [0.3, 0.4) is 0 Å². The van der Waals surface area contributed by atoms with Gasteiger partial charge < -0.3 is 5.11 Å². The number of nitrogens with one attached hydrogen (secondary N) is 1. The first kappa shape index (κ1) is 17.4. The molecule has 2 N–H and O–H groups in total. The topological polar surface area (TPSA) is 66.4 Å². The number of sulfonamides is 1. The van der Waals surface area contributed by atoms with Gasteiger partial charge in [0.05, 0.1) is 10.5 Å². The minimum Gasteiger partial charge on any atom is -0.389 e. The first-order valence-corrected chi connectivity index (χ1v) is 9.96. The Kier molecular flexibility index (Phi) is 5.52. The van der Waals surface area contributed by atoms with Crippen molar-refractivity contribution in [2.45, 2.75) is 43.1 Å². The molecule has 1 aliphatic carbocycles. The van der Waals surface area contributed by atoms with Gasteiger partial charge in [-0.1, -0.05) is 22.9 Å². The van der Waals surface area contributed by atoms with E-state index in [1.54, 1.807) is 12.1 Å². The van der Waals surface area contributed by atoms with E-state index in [-0.39, 0.29) is 11.4 Å². The molecule has 0 atom stereocenters. The van der Waals surface area contributed by atoms with E-state index in [1.165, 1.54) is 6.07 Å². The van der Waals surface area contributed by atoms with E-state index < -0.39 is 15.6 Å². The zero-order valence-corrected chi connectivity index (χ0v) is 15.8. The van der Waals surface area contributed by atoms with Gasteiger partial charge in [0.25, 0.3) is 0 Å². The van der Waals surface area contributed by atoms with Crippen molar-refractivity contribution in [2.75, 3.05) is 6.54 Å². The largest absolute Gasteiger partial charge is 0.389 e. The molecule has 0 amide bonds. The first-order chi connectivity index (χ1) is 9.72. The molecular weight excluding hydrogens is 422 g/mol. The Morgan fingerprint density at radius 1 is 1.33 bits per heavy atom. The number of benzene rings is 1. The van der Waals surface area contributed by atoms with E-state index in [2.05, 4.69) is 43.5 Å².